The van der Waals surface area contributed by atoms with Gasteiger partial charge in [-0.05, 0) is 6.92 Å². The Labute approximate surface area is 134 Å². The average molecular weight is 315 g/mol. The topological polar surface area (TPSA) is 17.8 Å². The van der Waals surface area contributed by atoms with Crippen molar-refractivity contribution in [1.29, 1.82) is 0 Å². The summed E-state index contributed by atoms with van der Waals surface area (Å²) < 4.78 is 2.04. The van der Waals surface area contributed by atoms with Gasteiger partial charge in [-0.3, -0.25) is 0 Å². The fourth-order valence-corrected chi connectivity index (χ4v) is 0.851. The third-order valence-electron chi connectivity index (χ3n) is 1.62. The van der Waals surface area contributed by atoms with E-state index >= 15 is 0 Å². The maximum atomic E-state index is 4.11. The summed E-state index contributed by atoms with van der Waals surface area (Å²) >= 11 is 0. The van der Waals surface area contributed by atoms with Gasteiger partial charge >= 0.3 is 0 Å². The van der Waals surface area contributed by atoms with E-state index in [-0.39, 0.29) is 32.7 Å². The fraction of sp³-hybridized carbons (Fsp3) is 0.643. The first kappa shape index (κ1) is 26.0. The van der Waals surface area contributed by atoms with E-state index in [0.717, 1.165) is 12.1 Å². The van der Waals surface area contributed by atoms with Gasteiger partial charge in [0, 0.05) is 38.9 Å². The number of rotatable bonds is 2. The summed E-state index contributed by atoms with van der Waals surface area (Å²) in [6.45, 7) is 21.1. The number of nitrogens with zero attached hydrogens (tertiary/aromatic N) is 2. The molecule has 0 spiro atoms. The second-order valence-corrected chi connectivity index (χ2v) is 2.52. The van der Waals surface area contributed by atoms with E-state index in [2.05, 4.69) is 25.8 Å². The summed E-state index contributed by atoms with van der Waals surface area (Å²) in [4.78, 5) is 4.11. The van der Waals surface area contributed by atoms with Crippen molar-refractivity contribution in [3.05, 3.63) is 32.1 Å². The Morgan fingerprint density at radius 1 is 1.24 bits per heavy atom. The van der Waals surface area contributed by atoms with Crippen LogP contribution in [0.25, 0.3) is 0 Å². The monoisotopic (exact) mass is 315 g/mol. The van der Waals surface area contributed by atoms with Crippen LogP contribution in [0.15, 0.2) is 12.5 Å². The molecule has 0 bridgehead atoms. The molecule has 3 heteroatoms. The minimum Gasteiger partial charge on any atom is -0.365 e. The van der Waals surface area contributed by atoms with Crippen molar-refractivity contribution in [3.8, 4) is 0 Å². The first-order valence-corrected chi connectivity index (χ1v) is 6.28. The molecular weight excluding hydrogens is 285 g/mol. The molecule has 101 valence electrons. The molecule has 1 rings (SSSR count). The smallest absolute Gasteiger partial charge is 0.0927 e. The molecule has 1 unspecified atom stereocenters. The van der Waals surface area contributed by atoms with Gasteiger partial charge in [0.15, 0.2) is 0 Å². The Hall–Kier alpha value is 0.314. The maximum Gasteiger partial charge on any atom is 0.0927 e. The predicted octanol–water partition coefficient (Wildman–Crippen LogP) is 4.87. The molecule has 1 aromatic heterocycles. The van der Waals surface area contributed by atoms with E-state index in [1.165, 1.54) is 0 Å². The number of imidazole rings is 1. The van der Waals surface area contributed by atoms with Crippen LogP contribution in [0.3, 0.4) is 0 Å². The van der Waals surface area contributed by atoms with Crippen molar-refractivity contribution in [2.75, 3.05) is 0 Å². The second kappa shape index (κ2) is 21.6. The Morgan fingerprint density at radius 3 is 1.88 bits per heavy atom. The molecule has 0 saturated carbocycles. The summed E-state index contributed by atoms with van der Waals surface area (Å²) in [5, 5.41) is 0. The van der Waals surface area contributed by atoms with Crippen LogP contribution in [0.4, 0.5) is 0 Å². The Bertz CT molecular complexity index is 210. The first-order valence-electron chi connectivity index (χ1n) is 6.28. The molecule has 0 fully saturated rings. The Morgan fingerprint density at radius 2 is 1.65 bits per heavy atom. The zero-order chi connectivity index (χ0) is 13.6. The third kappa shape index (κ3) is 14.3. The third-order valence-corrected chi connectivity index (χ3v) is 1.62. The normalized spacial score (nSPS) is 9.00. The van der Waals surface area contributed by atoms with Gasteiger partial charge in [0.05, 0.1) is 12.0 Å². The Kier molecular flexibility index (Phi) is 33.0. The van der Waals surface area contributed by atoms with Gasteiger partial charge in [-0.2, -0.15) is 6.92 Å². The standard InChI is InChI=1S/C8H13N2.2C2H6.C2H5.Y/c1-4-8(3)10-5-7(2)9-6-10;3*1-2;/h5-6,8H,3-4H2,1-2H3;2*1-2H3;1H2,2H3;/q-1;;;-1;. The van der Waals surface area contributed by atoms with Crippen molar-refractivity contribution in [2.24, 2.45) is 0 Å². The van der Waals surface area contributed by atoms with Crippen molar-refractivity contribution in [3.63, 3.8) is 0 Å². The van der Waals surface area contributed by atoms with Gasteiger partial charge in [0.25, 0.3) is 0 Å². The molecule has 0 aliphatic carbocycles. The van der Waals surface area contributed by atoms with Crippen LogP contribution in [0.1, 0.15) is 59.7 Å². The van der Waals surface area contributed by atoms with Crippen molar-refractivity contribution >= 4 is 0 Å². The van der Waals surface area contributed by atoms with Crippen LogP contribution in [0, 0.1) is 20.8 Å². The van der Waals surface area contributed by atoms with Gasteiger partial charge in [-0.15, -0.1) is 0 Å². The van der Waals surface area contributed by atoms with Gasteiger partial charge in [0.2, 0.25) is 0 Å². The number of hydrogen-bond acceptors (Lipinski definition) is 1. The van der Waals surface area contributed by atoms with Crippen molar-refractivity contribution in [2.45, 2.75) is 60.9 Å². The quantitative estimate of drug-likeness (QED) is 0.712. The largest absolute Gasteiger partial charge is 0.365 e. The molecule has 2 nitrogen and oxygen atoms in total. The molecule has 0 aromatic carbocycles. The minimum atomic E-state index is 0. The Balaban J connectivity index is -0.000000106. The van der Waals surface area contributed by atoms with Gasteiger partial charge in [0.1, 0.15) is 0 Å². The molecule has 1 atom stereocenters. The maximum absolute atomic E-state index is 4.11. The van der Waals surface area contributed by atoms with Crippen LogP contribution < -0.4 is 0 Å². The number of hydrogen-bond donors (Lipinski definition) is 0. The number of aryl methyl sites for hydroxylation is 1. The minimum absolute atomic E-state index is 0. The van der Waals surface area contributed by atoms with E-state index in [0.29, 0.717) is 6.04 Å². The van der Waals surface area contributed by atoms with Gasteiger partial charge in [-0.1, -0.05) is 47.1 Å². The van der Waals surface area contributed by atoms with Gasteiger partial charge in [-0.25, -0.2) is 4.98 Å². The molecular formula is C14H30N2Y-2. The van der Waals surface area contributed by atoms with Crippen LogP contribution >= 0.6 is 0 Å². The molecule has 1 radical (unpaired) electrons. The fourth-order valence-electron chi connectivity index (χ4n) is 0.851. The summed E-state index contributed by atoms with van der Waals surface area (Å²) in [6.07, 6.45) is 4.90. The molecule has 0 saturated heterocycles. The molecule has 0 aliphatic heterocycles. The molecule has 17 heavy (non-hydrogen) atoms. The van der Waals surface area contributed by atoms with Crippen LogP contribution in [-0.2, 0) is 32.7 Å². The average Bonchev–Trinajstić information content (AvgIpc) is 2.82. The molecule has 1 aromatic rings. The summed E-state index contributed by atoms with van der Waals surface area (Å²) in [5.74, 6) is 0. The van der Waals surface area contributed by atoms with Gasteiger partial charge < -0.3 is 18.4 Å². The van der Waals surface area contributed by atoms with E-state index in [1.54, 1.807) is 6.92 Å². The van der Waals surface area contributed by atoms with E-state index in [9.17, 15) is 0 Å². The second-order valence-electron chi connectivity index (χ2n) is 2.52. The molecule has 0 amide bonds. The summed E-state index contributed by atoms with van der Waals surface area (Å²) in [7, 11) is 0. The first-order chi connectivity index (χ1) is 7.74. The molecule has 0 N–H and O–H groups in total. The summed E-state index contributed by atoms with van der Waals surface area (Å²) in [5.41, 5.74) is 1.06. The zero-order valence-corrected chi connectivity index (χ0v) is 15.7. The van der Waals surface area contributed by atoms with E-state index in [4.69, 9.17) is 0 Å². The van der Waals surface area contributed by atoms with Crippen LogP contribution in [0.2, 0.25) is 0 Å². The number of aromatic nitrogens is 2. The molecule has 1 heterocycles. The van der Waals surface area contributed by atoms with Crippen LogP contribution in [0.5, 0.6) is 0 Å². The SMILES string of the molecule is CC.CC.[CH2-]C.[CH2-]C(CC)n1cnc(C)c1.[Y]. The van der Waals surface area contributed by atoms with Crippen molar-refractivity contribution in [1.82, 2.24) is 9.55 Å². The van der Waals surface area contributed by atoms with E-state index in [1.807, 2.05) is 51.7 Å². The zero-order valence-electron chi connectivity index (χ0n) is 12.8. The summed E-state index contributed by atoms with van der Waals surface area (Å²) in [6, 6.07) is 0.334. The molecule has 0 aliphatic rings. The van der Waals surface area contributed by atoms with Crippen molar-refractivity contribution < 1.29 is 32.7 Å². The van der Waals surface area contributed by atoms with Crippen LogP contribution in [-0.4, -0.2) is 9.55 Å². The predicted molar refractivity (Wildman–Crippen MR) is 75.4 cm³/mol. The van der Waals surface area contributed by atoms with E-state index < -0.39 is 0 Å².